The van der Waals surface area contributed by atoms with Crippen molar-refractivity contribution in [3.8, 4) is 5.95 Å². The van der Waals surface area contributed by atoms with Gasteiger partial charge >= 0.3 is 0 Å². The van der Waals surface area contributed by atoms with Gasteiger partial charge in [-0.3, -0.25) is 0 Å². The summed E-state index contributed by atoms with van der Waals surface area (Å²) in [5.74, 6) is 0.464. The first-order chi connectivity index (χ1) is 9.33. The molecule has 0 saturated heterocycles. The molecular weight excluding hydrogens is 282 g/mol. The highest BCUT2D eigenvalue weighted by Gasteiger charge is 2.13. The highest BCUT2D eigenvalue weighted by molar-refractivity contribution is 7.90. The van der Waals surface area contributed by atoms with Crippen molar-refractivity contribution in [2.75, 3.05) is 23.1 Å². The van der Waals surface area contributed by atoms with Crippen LogP contribution in [0.2, 0.25) is 0 Å². The SMILES string of the molecule is CC(CS(C)(=O)=O)Nc1nc(N)nc(-n2cccn2)n1. The summed E-state index contributed by atoms with van der Waals surface area (Å²) in [5, 5.41) is 6.87. The summed E-state index contributed by atoms with van der Waals surface area (Å²) in [6, 6.07) is 1.37. The number of hydrogen-bond donors (Lipinski definition) is 2. The fourth-order valence-corrected chi connectivity index (χ4v) is 2.64. The predicted molar refractivity (Wildman–Crippen MR) is 74.2 cm³/mol. The molecule has 1 atom stereocenters. The molecule has 2 aromatic heterocycles. The van der Waals surface area contributed by atoms with Crippen molar-refractivity contribution in [1.29, 1.82) is 0 Å². The van der Waals surface area contributed by atoms with E-state index in [2.05, 4.69) is 25.4 Å². The van der Waals surface area contributed by atoms with Gasteiger partial charge in [-0.15, -0.1) is 0 Å². The molecule has 3 N–H and O–H groups in total. The molecule has 0 aromatic carbocycles. The van der Waals surface area contributed by atoms with Crippen LogP contribution in [-0.2, 0) is 9.84 Å². The summed E-state index contributed by atoms with van der Waals surface area (Å²) < 4.78 is 23.9. The molecule has 0 fully saturated rings. The van der Waals surface area contributed by atoms with Crippen LogP contribution in [0.4, 0.5) is 11.9 Å². The van der Waals surface area contributed by atoms with Crippen molar-refractivity contribution in [1.82, 2.24) is 24.7 Å². The molecule has 20 heavy (non-hydrogen) atoms. The Kier molecular flexibility index (Phi) is 3.84. The molecule has 0 aliphatic heterocycles. The van der Waals surface area contributed by atoms with Gasteiger partial charge in [0.2, 0.25) is 11.9 Å². The van der Waals surface area contributed by atoms with Crippen molar-refractivity contribution in [2.45, 2.75) is 13.0 Å². The van der Waals surface area contributed by atoms with Gasteiger partial charge in [0.05, 0.1) is 5.75 Å². The molecule has 0 amide bonds. The molecule has 0 bridgehead atoms. The van der Waals surface area contributed by atoms with E-state index in [0.29, 0.717) is 0 Å². The number of nitrogens with two attached hydrogens (primary N) is 1. The normalized spacial score (nSPS) is 13.1. The molecule has 108 valence electrons. The van der Waals surface area contributed by atoms with E-state index in [-0.39, 0.29) is 29.6 Å². The molecule has 10 heteroatoms. The van der Waals surface area contributed by atoms with E-state index in [1.165, 1.54) is 10.9 Å². The van der Waals surface area contributed by atoms with Crippen LogP contribution in [0.15, 0.2) is 18.5 Å². The fraction of sp³-hybridized carbons (Fsp3) is 0.400. The van der Waals surface area contributed by atoms with Crippen molar-refractivity contribution >= 4 is 21.7 Å². The van der Waals surface area contributed by atoms with Crippen LogP contribution < -0.4 is 11.1 Å². The van der Waals surface area contributed by atoms with Crippen molar-refractivity contribution in [3.05, 3.63) is 18.5 Å². The van der Waals surface area contributed by atoms with Crippen LogP contribution >= 0.6 is 0 Å². The topological polar surface area (TPSA) is 129 Å². The molecule has 0 spiro atoms. The second-order valence-corrected chi connectivity index (χ2v) is 6.59. The molecule has 2 rings (SSSR count). The van der Waals surface area contributed by atoms with Crippen LogP contribution in [0.3, 0.4) is 0 Å². The third-order valence-corrected chi connectivity index (χ3v) is 3.38. The maximum atomic E-state index is 11.2. The number of anilines is 2. The Labute approximate surface area is 116 Å². The van der Waals surface area contributed by atoms with Crippen LogP contribution in [-0.4, -0.2) is 51.2 Å². The summed E-state index contributed by atoms with van der Waals surface area (Å²) in [5.41, 5.74) is 5.61. The van der Waals surface area contributed by atoms with Crippen molar-refractivity contribution in [2.24, 2.45) is 0 Å². The van der Waals surface area contributed by atoms with Gasteiger partial charge in [0.25, 0.3) is 5.95 Å². The summed E-state index contributed by atoms with van der Waals surface area (Å²) in [6.45, 7) is 1.72. The zero-order chi connectivity index (χ0) is 14.8. The van der Waals surface area contributed by atoms with Crippen LogP contribution in [0.5, 0.6) is 0 Å². The van der Waals surface area contributed by atoms with Gasteiger partial charge in [-0.1, -0.05) is 0 Å². The van der Waals surface area contributed by atoms with E-state index in [0.717, 1.165) is 0 Å². The molecule has 0 radical (unpaired) electrons. The summed E-state index contributed by atoms with van der Waals surface area (Å²) in [6.07, 6.45) is 4.42. The number of hydrogen-bond acceptors (Lipinski definition) is 8. The Bertz CT molecular complexity index is 684. The number of rotatable bonds is 5. The Morgan fingerprint density at radius 2 is 2.15 bits per heavy atom. The number of aromatic nitrogens is 5. The maximum absolute atomic E-state index is 11.2. The minimum Gasteiger partial charge on any atom is -0.368 e. The van der Waals surface area contributed by atoms with Gasteiger partial charge in [0.15, 0.2) is 0 Å². The summed E-state index contributed by atoms with van der Waals surface area (Å²) in [7, 11) is -3.09. The number of nitrogen functional groups attached to an aromatic ring is 1. The maximum Gasteiger partial charge on any atom is 0.257 e. The fourth-order valence-electron chi connectivity index (χ4n) is 1.65. The lowest BCUT2D eigenvalue weighted by Crippen LogP contribution is -2.26. The molecule has 9 nitrogen and oxygen atoms in total. The molecule has 0 aliphatic carbocycles. The Hall–Kier alpha value is -2.23. The van der Waals surface area contributed by atoms with Crippen molar-refractivity contribution in [3.63, 3.8) is 0 Å². The molecule has 1 unspecified atom stereocenters. The first-order valence-electron chi connectivity index (χ1n) is 5.79. The van der Waals surface area contributed by atoms with Gasteiger partial charge in [-0.05, 0) is 13.0 Å². The zero-order valence-corrected chi connectivity index (χ0v) is 11.9. The third-order valence-electron chi connectivity index (χ3n) is 2.28. The lowest BCUT2D eigenvalue weighted by atomic mass is 10.4. The van der Waals surface area contributed by atoms with Gasteiger partial charge in [-0.25, -0.2) is 13.1 Å². The average molecular weight is 297 g/mol. The van der Waals surface area contributed by atoms with E-state index in [4.69, 9.17) is 5.73 Å². The van der Waals surface area contributed by atoms with Crippen LogP contribution in [0.25, 0.3) is 5.95 Å². The lowest BCUT2D eigenvalue weighted by Gasteiger charge is -2.13. The standard InChI is InChI=1S/C10H15N7O2S/c1-7(6-20(2,18)19)13-9-14-8(11)15-10(16-9)17-5-3-4-12-17/h3-5,7H,6H2,1-2H3,(H3,11,13,14,15,16). The first-order valence-corrected chi connectivity index (χ1v) is 7.85. The first kappa shape index (κ1) is 14.2. The van der Waals surface area contributed by atoms with E-state index in [1.54, 1.807) is 25.4 Å². The van der Waals surface area contributed by atoms with Crippen molar-refractivity contribution < 1.29 is 8.42 Å². The van der Waals surface area contributed by atoms with E-state index >= 15 is 0 Å². The second-order valence-electron chi connectivity index (χ2n) is 4.41. The zero-order valence-electron chi connectivity index (χ0n) is 11.1. The smallest absolute Gasteiger partial charge is 0.257 e. The van der Waals surface area contributed by atoms with Gasteiger partial charge in [-0.2, -0.15) is 20.1 Å². The van der Waals surface area contributed by atoms with Gasteiger partial charge in [0, 0.05) is 24.7 Å². The molecule has 2 heterocycles. The summed E-state index contributed by atoms with van der Waals surface area (Å²) >= 11 is 0. The monoisotopic (exact) mass is 297 g/mol. The summed E-state index contributed by atoms with van der Waals surface area (Å²) in [4.78, 5) is 12.0. The second kappa shape index (κ2) is 5.41. The van der Waals surface area contributed by atoms with E-state index < -0.39 is 9.84 Å². The molecule has 0 aliphatic rings. The number of sulfone groups is 1. The molecular formula is C10H15N7O2S. The average Bonchev–Trinajstić information content (AvgIpc) is 2.78. The van der Waals surface area contributed by atoms with Gasteiger partial charge < -0.3 is 11.1 Å². The predicted octanol–water partition coefficient (Wildman–Crippen LogP) is -0.515. The Morgan fingerprint density at radius 1 is 1.40 bits per heavy atom. The highest BCUT2D eigenvalue weighted by Crippen LogP contribution is 2.08. The van der Waals surface area contributed by atoms with E-state index in [9.17, 15) is 8.42 Å². The quantitative estimate of drug-likeness (QED) is 0.754. The molecule has 0 saturated carbocycles. The van der Waals surface area contributed by atoms with Crippen LogP contribution in [0, 0.1) is 0 Å². The number of nitrogens with zero attached hydrogens (tertiary/aromatic N) is 5. The Balaban J connectivity index is 2.21. The van der Waals surface area contributed by atoms with Crippen LogP contribution in [0.1, 0.15) is 6.92 Å². The third kappa shape index (κ3) is 3.88. The molecule has 2 aromatic rings. The lowest BCUT2D eigenvalue weighted by molar-refractivity contribution is 0.597. The van der Waals surface area contributed by atoms with Gasteiger partial charge in [0.1, 0.15) is 9.84 Å². The highest BCUT2D eigenvalue weighted by atomic mass is 32.2. The minimum absolute atomic E-state index is 0.0274. The Morgan fingerprint density at radius 3 is 2.75 bits per heavy atom. The largest absolute Gasteiger partial charge is 0.368 e. The van der Waals surface area contributed by atoms with E-state index in [1.807, 2.05) is 0 Å². The minimum atomic E-state index is -3.09. The number of nitrogens with one attached hydrogen (secondary N) is 1.